The van der Waals surface area contributed by atoms with Crippen LogP contribution < -0.4 is 10.6 Å². The van der Waals surface area contributed by atoms with E-state index >= 15 is 0 Å². The van der Waals surface area contributed by atoms with E-state index in [9.17, 15) is 26.7 Å². The molecule has 1 spiro atoms. The topological polar surface area (TPSA) is 77.0 Å². The molecule has 1 aromatic carbocycles. The average molecular weight is 479 g/mol. The van der Waals surface area contributed by atoms with Crippen molar-refractivity contribution in [3.8, 4) is 11.3 Å². The Morgan fingerprint density at radius 2 is 1.91 bits per heavy atom. The van der Waals surface area contributed by atoms with Crippen LogP contribution in [-0.2, 0) is 18.0 Å². The number of pyridine rings is 1. The number of carbonyl (C=O) groups is 1. The third kappa shape index (κ3) is 3.40. The van der Waals surface area contributed by atoms with Gasteiger partial charge in [-0.2, -0.15) is 18.3 Å². The second-order valence-corrected chi connectivity index (χ2v) is 9.22. The van der Waals surface area contributed by atoms with Crippen LogP contribution in [0.1, 0.15) is 36.8 Å². The van der Waals surface area contributed by atoms with Crippen molar-refractivity contribution in [1.29, 1.82) is 0 Å². The van der Waals surface area contributed by atoms with E-state index in [1.807, 2.05) is 0 Å². The number of piperidine rings is 1. The molecule has 1 aliphatic heterocycles. The first-order valence-corrected chi connectivity index (χ1v) is 10.9. The molecule has 1 atom stereocenters. The molecule has 11 heteroatoms. The molecule has 5 rings (SSSR count). The van der Waals surface area contributed by atoms with E-state index in [-0.39, 0.29) is 23.1 Å². The summed E-state index contributed by atoms with van der Waals surface area (Å²) in [5, 5.41) is 4.60. The van der Waals surface area contributed by atoms with Gasteiger partial charge in [-0.15, -0.1) is 0 Å². The normalized spacial score (nSPS) is 19.7. The number of aromatic nitrogens is 3. The standard InChI is InChI=1S/C23H22F5N5O/c1-11-18(24)13(7-15(19(11)25)23(26,27)28)20-14-10-30-17(8-16(14)32(2)31-20)33-6-3-12(21(29)34)9-22(33)4-5-22/h7-8,10,12H,3-6,9H2,1-2H3,(H2,29,34). The minimum absolute atomic E-state index is 0.0452. The molecule has 1 amide bonds. The van der Waals surface area contributed by atoms with E-state index in [0.29, 0.717) is 42.2 Å². The van der Waals surface area contributed by atoms with Crippen molar-refractivity contribution >= 4 is 22.6 Å². The van der Waals surface area contributed by atoms with Gasteiger partial charge < -0.3 is 10.6 Å². The molecule has 6 nitrogen and oxygen atoms in total. The van der Waals surface area contributed by atoms with E-state index in [1.165, 1.54) is 10.9 Å². The number of hydrogen-bond acceptors (Lipinski definition) is 4. The molecule has 2 fully saturated rings. The summed E-state index contributed by atoms with van der Waals surface area (Å²) >= 11 is 0. The van der Waals surface area contributed by atoms with Crippen LogP contribution in [0.25, 0.3) is 22.2 Å². The number of aryl methyl sites for hydroxylation is 1. The van der Waals surface area contributed by atoms with Crippen LogP contribution >= 0.6 is 0 Å². The van der Waals surface area contributed by atoms with E-state index in [4.69, 9.17) is 5.73 Å². The number of benzene rings is 1. The number of halogens is 5. The summed E-state index contributed by atoms with van der Waals surface area (Å²) in [6, 6.07) is 2.22. The Kier molecular flexibility index (Phi) is 4.89. The van der Waals surface area contributed by atoms with Crippen LogP contribution in [0.2, 0.25) is 0 Å². The molecular formula is C23H22F5N5O. The van der Waals surface area contributed by atoms with Gasteiger partial charge in [0.05, 0.1) is 11.1 Å². The average Bonchev–Trinajstić information content (AvgIpc) is 3.46. The minimum Gasteiger partial charge on any atom is -0.369 e. The Labute approximate surface area is 191 Å². The highest BCUT2D eigenvalue weighted by atomic mass is 19.4. The van der Waals surface area contributed by atoms with Gasteiger partial charge in [0.1, 0.15) is 23.1 Å². The monoisotopic (exact) mass is 479 g/mol. The fourth-order valence-electron chi connectivity index (χ4n) is 5.05. The van der Waals surface area contributed by atoms with E-state index in [1.54, 1.807) is 13.1 Å². The summed E-state index contributed by atoms with van der Waals surface area (Å²) in [6.45, 7) is 1.56. The number of fused-ring (bicyclic) bond motifs is 1. The summed E-state index contributed by atoms with van der Waals surface area (Å²) in [4.78, 5) is 18.3. The maximum atomic E-state index is 14.9. The van der Waals surface area contributed by atoms with Crippen molar-refractivity contribution in [2.24, 2.45) is 18.7 Å². The van der Waals surface area contributed by atoms with Gasteiger partial charge in [-0.1, -0.05) is 0 Å². The SMILES string of the molecule is Cc1c(F)c(-c2nn(C)c3cc(N4CCC(C(N)=O)CC45CC5)ncc23)cc(C(F)(F)F)c1F. The van der Waals surface area contributed by atoms with Crippen molar-refractivity contribution < 1.29 is 26.7 Å². The fraction of sp³-hybridized carbons (Fsp3) is 0.435. The van der Waals surface area contributed by atoms with Gasteiger partial charge in [0.15, 0.2) is 0 Å². The highest BCUT2D eigenvalue weighted by Crippen LogP contribution is 2.51. The Morgan fingerprint density at radius 3 is 2.53 bits per heavy atom. The molecule has 0 radical (unpaired) electrons. The number of nitrogens with zero attached hydrogens (tertiary/aromatic N) is 4. The number of amides is 1. The second-order valence-electron chi connectivity index (χ2n) is 9.22. The third-order valence-corrected chi connectivity index (χ3v) is 7.11. The fourth-order valence-corrected chi connectivity index (χ4v) is 5.05. The van der Waals surface area contributed by atoms with Gasteiger partial charge in [0.25, 0.3) is 0 Å². The predicted molar refractivity (Wildman–Crippen MR) is 115 cm³/mol. The molecule has 3 heterocycles. The van der Waals surface area contributed by atoms with Gasteiger partial charge in [-0.05, 0) is 38.7 Å². The molecule has 3 aromatic rings. The van der Waals surface area contributed by atoms with Crippen LogP contribution in [0.5, 0.6) is 0 Å². The first-order valence-electron chi connectivity index (χ1n) is 10.9. The maximum Gasteiger partial charge on any atom is 0.419 e. The zero-order valence-corrected chi connectivity index (χ0v) is 18.5. The predicted octanol–water partition coefficient (Wildman–Crippen LogP) is 4.48. The lowest BCUT2D eigenvalue weighted by Crippen LogP contribution is -2.47. The Balaban J connectivity index is 1.59. The highest BCUT2D eigenvalue weighted by Gasteiger charge is 2.53. The maximum absolute atomic E-state index is 14.9. The van der Waals surface area contributed by atoms with E-state index in [0.717, 1.165) is 19.8 Å². The highest BCUT2D eigenvalue weighted by molar-refractivity contribution is 5.94. The molecule has 34 heavy (non-hydrogen) atoms. The molecule has 2 aliphatic rings. The molecule has 0 bridgehead atoms. The molecule has 180 valence electrons. The lowest BCUT2D eigenvalue weighted by molar-refractivity contribution is -0.140. The number of rotatable bonds is 3. The molecule has 2 aromatic heterocycles. The molecule has 2 N–H and O–H groups in total. The summed E-state index contributed by atoms with van der Waals surface area (Å²) in [7, 11) is 1.60. The Bertz CT molecular complexity index is 1330. The lowest BCUT2D eigenvalue weighted by atomic mass is 9.88. The number of hydrogen-bond donors (Lipinski definition) is 1. The summed E-state index contributed by atoms with van der Waals surface area (Å²) in [5.41, 5.74) is 3.13. The number of anilines is 1. The first kappa shape index (κ1) is 22.5. The van der Waals surface area contributed by atoms with Crippen LogP contribution in [0.4, 0.5) is 27.8 Å². The van der Waals surface area contributed by atoms with Crippen molar-refractivity contribution in [3.63, 3.8) is 0 Å². The van der Waals surface area contributed by atoms with Crippen molar-refractivity contribution in [3.05, 3.63) is 41.1 Å². The second kappa shape index (κ2) is 7.38. The summed E-state index contributed by atoms with van der Waals surface area (Å²) in [5.74, 6) is -2.57. The Hall–Kier alpha value is -3.24. The van der Waals surface area contributed by atoms with Gasteiger partial charge in [0.2, 0.25) is 5.91 Å². The lowest BCUT2D eigenvalue weighted by Gasteiger charge is -2.40. The first-order chi connectivity index (χ1) is 15.9. The number of alkyl halides is 3. The smallest absolute Gasteiger partial charge is 0.369 e. The van der Waals surface area contributed by atoms with Crippen molar-refractivity contribution in [2.45, 2.75) is 44.3 Å². The molecule has 1 saturated heterocycles. The van der Waals surface area contributed by atoms with Gasteiger partial charge in [-0.3, -0.25) is 9.48 Å². The number of carbonyl (C=O) groups excluding carboxylic acids is 1. The number of primary amides is 1. The molecule has 1 unspecified atom stereocenters. The molecule has 1 saturated carbocycles. The number of nitrogens with two attached hydrogens (primary N) is 1. The Morgan fingerprint density at radius 1 is 1.21 bits per heavy atom. The molecule has 1 aliphatic carbocycles. The van der Waals surface area contributed by atoms with Crippen LogP contribution in [0.3, 0.4) is 0 Å². The summed E-state index contributed by atoms with van der Waals surface area (Å²) in [6.07, 6.45) is -0.453. The van der Waals surface area contributed by atoms with E-state index in [2.05, 4.69) is 15.0 Å². The summed E-state index contributed by atoms with van der Waals surface area (Å²) < 4.78 is 70.6. The molecular weight excluding hydrogens is 457 g/mol. The van der Waals surface area contributed by atoms with Gasteiger partial charge in [0, 0.05) is 53.8 Å². The van der Waals surface area contributed by atoms with Crippen LogP contribution in [0.15, 0.2) is 18.3 Å². The quantitative estimate of drug-likeness (QED) is 0.563. The zero-order valence-electron chi connectivity index (χ0n) is 18.5. The van der Waals surface area contributed by atoms with Crippen molar-refractivity contribution in [2.75, 3.05) is 11.4 Å². The van der Waals surface area contributed by atoms with Crippen LogP contribution in [-0.4, -0.2) is 32.8 Å². The third-order valence-electron chi connectivity index (χ3n) is 7.11. The van der Waals surface area contributed by atoms with Crippen LogP contribution in [0, 0.1) is 24.5 Å². The van der Waals surface area contributed by atoms with E-state index < -0.39 is 34.5 Å². The van der Waals surface area contributed by atoms with Crippen molar-refractivity contribution in [1.82, 2.24) is 14.8 Å². The minimum atomic E-state index is -4.98. The largest absolute Gasteiger partial charge is 0.419 e. The van der Waals surface area contributed by atoms with Gasteiger partial charge in [-0.25, -0.2) is 13.8 Å². The van der Waals surface area contributed by atoms with Gasteiger partial charge >= 0.3 is 6.18 Å². The zero-order chi connectivity index (χ0) is 24.6.